The maximum absolute atomic E-state index is 12.2. The molecule has 106 valence electrons. The molecule has 0 fully saturated rings. The van der Waals surface area contributed by atoms with Crippen molar-refractivity contribution in [2.45, 2.75) is 0 Å². The lowest BCUT2D eigenvalue weighted by molar-refractivity contribution is 0.0998. The normalized spacial score (nSPS) is 10.8. The Bertz CT molecular complexity index is 825. The van der Waals surface area contributed by atoms with E-state index < -0.39 is 0 Å². The van der Waals surface area contributed by atoms with Gasteiger partial charge in [-0.3, -0.25) is 4.79 Å². The number of hydrogen-bond acceptors (Lipinski definition) is 2. The fourth-order valence-electron chi connectivity index (χ4n) is 1.94. The zero-order valence-corrected chi connectivity index (χ0v) is 13.6. The average molecular weight is 385 g/mol. The van der Waals surface area contributed by atoms with E-state index in [0.29, 0.717) is 21.3 Å². The Hall–Kier alpha value is -1.49. The molecule has 0 aliphatic rings. The lowest BCUT2D eigenvalue weighted by Crippen LogP contribution is -2.10. The van der Waals surface area contributed by atoms with Crippen LogP contribution < -0.4 is 5.32 Å². The number of hydrogen-bond donors (Lipinski definition) is 1. The summed E-state index contributed by atoms with van der Waals surface area (Å²) in [7, 11) is 0. The zero-order chi connectivity index (χ0) is 15.0. The van der Waals surface area contributed by atoms with Gasteiger partial charge < -0.3 is 9.73 Å². The van der Waals surface area contributed by atoms with Gasteiger partial charge in [-0.25, -0.2) is 0 Å². The molecule has 21 heavy (non-hydrogen) atoms. The van der Waals surface area contributed by atoms with Crippen LogP contribution in [0.4, 0.5) is 5.69 Å². The van der Waals surface area contributed by atoms with Gasteiger partial charge in [0.1, 0.15) is 5.58 Å². The summed E-state index contributed by atoms with van der Waals surface area (Å²) < 4.78 is 6.44. The third kappa shape index (κ3) is 3.23. The molecule has 3 rings (SSSR count). The van der Waals surface area contributed by atoms with Crippen LogP contribution in [0.15, 0.2) is 51.4 Å². The van der Waals surface area contributed by atoms with Crippen molar-refractivity contribution in [2.24, 2.45) is 0 Å². The number of carbonyl (C=O) groups is 1. The van der Waals surface area contributed by atoms with Gasteiger partial charge in [0.15, 0.2) is 5.76 Å². The molecule has 1 heterocycles. The van der Waals surface area contributed by atoms with Crippen LogP contribution >= 0.6 is 39.1 Å². The van der Waals surface area contributed by atoms with Crippen molar-refractivity contribution in [1.29, 1.82) is 0 Å². The van der Waals surface area contributed by atoms with Crippen molar-refractivity contribution in [2.75, 3.05) is 5.32 Å². The van der Waals surface area contributed by atoms with Crippen LogP contribution in [0.5, 0.6) is 0 Å². The highest BCUT2D eigenvalue weighted by molar-refractivity contribution is 9.10. The number of rotatable bonds is 2. The third-order valence-electron chi connectivity index (χ3n) is 2.82. The van der Waals surface area contributed by atoms with Crippen LogP contribution in [0.3, 0.4) is 0 Å². The Morgan fingerprint density at radius 3 is 2.48 bits per heavy atom. The van der Waals surface area contributed by atoms with E-state index >= 15 is 0 Å². The van der Waals surface area contributed by atoms with Crippen LogP contribution in [-0.4, -0.2) is 5.91 Å². The number of fused-ring (bicyclic) bond motifs is 1. The van der Waals surface area contributed by atoms with Crippen LogP contribution in [0.25, 0.3) is 11.0 Å². The molecule has 6 heteroatoms. The van der Waals surface area contributed by atoms with Gasteiger partial charge in [-0.2, -0.15) is 0 Å². The number of carbonyl (C=O) groups excluding carboxylic acids is 1. The molecule has 1 aromatic heterocycles. The predicted octanol–water partition coefficient (Wildman–Crippen LogP) is 5.75. The summed E-state index contributed by atoms with van der Waals surface area (Å²) in [6.45, 7) is 0. The molecule has 0 atom stereocenters. The van der Waals surface area contributed by atoms with E-state index in [0.717, 1.165) is 9.86 Å². The number of halogens is 3. The second-order valence-corrected chi connectivity index (χ2v) is 6.19. The highest BCUT2D eigenvalue weighted by atomic mass is 79.9. The topological polar surface area (TPSA) is 42.2 Å². The lowest BCUT2D eigenvalue weighted by atomic mass is 10.2. The van der Waals surface area contributed by atoms with Gasteiger partial charge in [0.05, 0.1) is 0 Å². The number of furan rings is 1. The van der Waals surface area contributed by atoms with E-state index in [1.165, 1.54) is 0 Å². The van der Waals surface area contributed by atoms with Crippen molar-refractivity contribution in [3.63, 3.8) is 0 Å². The molecule has 0 radical (unpaired) electrons. The SMILES string of the molecule is O=C(Nc1cc(Cl)cc(Cl)c1)c1cc2cc(Br)ccc2o1. The van der Waals surface area contributed by atoms with Gasteiger partial charge in [0, 0.05) is 25.6 Å². The van der Waals surface area contributed by atoms with Crippen molar-refractivity contribution >= 4 is 61.7 Å². The summed E-state index contributed by atoms with van der Waals surface area (Å²) in [5.41, 5.74) is 1.16. The summed E-state index contributed by atoms with van der Waals surface area (Å²) in [6, 6.07) is 12.0. The van der Waals surface area contributed by atoms with E-state index in [4.69, 9.17) is 27.6 Å². The van der Waals surface area contributed by atoms with Gasteiger partial charge in [0.25, 0.3) is 5.91 Å². The van der Waals surface area contributed by atoms with Gasteiger partial charge in [0.2, 0.25) is 0 Å². The fraction of sp³-hybridized carbons (Fsp3) is 0. The summed E-state index contributed by atoms with van der Waals surface area (Å²) in [5.74, 6) is -0.139. The Labute approximate surface area is 139 Å². The van der Waals surface area contributed by atoms with Gasteiger partial charge in [-0.05, 0) is 42.5 Å². The molecule has 1 amide bonds. The maximum Gasteiger partial charge on any atom is 0.291 e. The van der Waals surface area contributed by atoms with Gasteiger partial charge in [-0.15, -0.1) is 0 Å². The van der Waals surface area contributed by atoms with Crippen LogP contribution in [0.1, 0.15) is 10.6 Å². The highest BCUT2D eigenvalue weighted by Crippen LogP contribution is 2.25. The summed E-state index contributed by atoms with van der Waals surface area (Å²) in [6.07, 6.45) is 0. The first-order valence-electron chi connectivity index (χ1n) is 5.98. The summed E-state index contributed by atoms with van der Waals surface area (Å²) in [4.78, 5) is 12.2. The van der Waals surface area contributed by atoms with Crippen molar-refractivity contribution in [1.82, 2.24) is 0 Å². The average Bonchev–Trinajstić information content (AvgIpc) is 2.80. The Morgan fingerprint density at radius 2 is 1.76 bits per heavy atom. The zero-order valence-electron chi connectivity index (χ0n) is 10.5. The monoisotopic (exact) mass is 383 g/mol. The minimum absolute atomic E-state index is 0.221. The number of anilines is 1. The fourth-order valence-corrected chi connectivity index (χ4v) is 2.85. The Kier molecular flexibility index (Phi) is 3.93. The van der Waals surface area contributed by atoms with Crippen LogP contribution in [0, 0.1) is 0 Å². The molecule has 2 aromatic carbocycles. The molecule has 3 nitrogen and oxygen atoms in total. The summed E-state index contributed by atoms with van der Waals surface area (Å²) in [5, 5.41) is 4.45. The lowest BCUT2D eigenvalue weighted by Gasteiger charge is -2.04. The molecule has 0 unspecified atom stereocenters. The van der Waals surface area contributed by atoms with E-state index in [1.807, 2.05) is 12.1 Å². The third-order valence-corrected chi connectivity index (χ3v) is 3.75. The Balaban J connectivity index is 1.89. The minimum Gasteiger partial charge on any atom is -0.451 e. The minimum atomic E-state index is -0.361. The quantitative estimate of drug-likeness (QED) is 0.610. The second kappa shape index (κ2) is 5.72. The van der Waals surface area contributed by atoms with Gasteiger partial charge in [-0.1, -0.05) is 39.1 Å². The highest BCUT2D eigenvalue weighted by Gasteiger charge is 2.13. The number of amides is 1. The molecule has 3 aromatic rings. The van der Waals surface area contributed by atoms with Crippen molar-refractivity contribution in [3.8, 4) is 0 Å². The van der Waals surface area contributed by atoms with E-state index in [-0.39, 0.29) is 11.7 Å². The van der Waals surface area contributed by atoms with E-state index in [2.05, 4.69) is 21.2 Å². The van der Waals surface area contributed by atoms with Crippen LogP contribution in [0.2, 0.25) is 10.0 Å². The largest absolute Gasteiger partial charge is 0.451 e. The molecular formula is C15H8BrCl2NO2. The molecular weight excluding hydrogens is 377 g/mol. The first-order chi connectivity index (χ1) is 10.0. The molecule has 1 N–H and O–H groups in total. The van der Waals surface area contributed by atoms with Gasteiger partial charge >= 0.3 is 0 Å². The maximum atomic E-state index is 12.2. The smallest absolute Gasteiger partial charge is 0.291 e. The predicted molar refractivity (Wildman–Crippen MR) is 88.3 cm³/mol. The van der Waals surface area contributed by atoms with E-state index in [9.17, 15) is 4.79 Å². The first-order valence-corrected chi connectivity index (χ1v) is 7.53. The van der Waals surface area contributed by atoms with Crippen LogP contribution in [-0.2, 0) is 0 Å². The Morgan fingerprint density at radius 1 is 1.05 bits per heavy atom. The van der Waals surface area contributed by atoms with Crippen molar-refractivity contribution in [3.05, 3.63) is 62.7 Å². The standard InChI is InChI=1S/C15H8BrCl2NO2/c16-9-1-2-13-8(3-9)4-14(21-13)15(20)19-12-6-10(17)5-11(18)7-12/h1-7H,(H,19,20). The molecule has 0 aliphatic heterocycles. The first kappa shape index (κ1) is 14.4. The number of benzene rings is 2. The van der Waals surface area contributed by atoms with E-state index in [1.54, 1.807) is 30.3 Å². The molecule has 0 aliphatic carbocycles. The van der Waals surface area contributed by atoms with Crippen molar-refractivity contribution < 1.29 is 9.21 Å². The molecule has 0 bridgehead atoms. The second-order valence-electron chi connectivity index (χ2n) is 4.41. The molecule has 0 saturated heterocycles. The number of nitrogens with one attached hydrogen (secondary N) is 1. The molecule has 0 saturated carbocycles. The molecule has 0 spiro atoms. The summed E-state index contributed by atoms with van der Waals surface area (Å²) >= 11 is 15.2.